The lowest BCUT2D eigenvalue weighted by molar-refractivity contribution is -0.130. The fourth-order valence-corrected chi connectivity index (χ4v) is 3.35. The van der Waals surface area contributed by atoms with Crippen molar-refractivity contribution < 1.29 is 4.79 Å². The molecule has 2 nitrogen and oxygen atoms in total. The van der Waals surface area contributed by atoms with Crippen LogP contribution in [0.4, 0.5) is 0 Å². The van der Waals surface area contributed by atoms with Crippen molar-refractivity contribution >= 4 is 17.5 Å². The molecule has 1 aliphatic carbocycles. The van der Waals surface area contributed by atoms with E-state index in [0.29, 0.717) is 5.92 Å². The van der Waals surface area contributed by atoms with Crippen LogP contribution in [-0.2, 0) is 4.79 Å². The largest absolute Gasteiger partial charge is 0.337 e. The molecular formula is C16H22ClNO. The van der Waals surface area contributed by atoms with Crippen molar-refractivity contribution in [2.75, 3.05) is 12.9 Å². The number of benzene rings is 1. The molecule has 1 aromatic carbocycles. The summed E-state index contributed by atoms with van der Waals surface area (Å²) in [6.45, 7) is 0. The number of hydrogen-bond acceptors (Lipinski definition) is 1. The van der Waals surface area contributed by atoms with E-state index < -0.39 is 0 Å². The van der Waals surface area contributed by atoms with Gasteiger partial charge in [-0.1, -0.05) is 49.6 Å². The maximum absolute atomic E-state index is 12.0. The Balaban J connectivity index is 2.24. The smallest absolute Gasteiger partial charge is 0.237 e. The van der Waals surface area contributed by atoms with E-state index in [1.165, 1.54) is 37.7 Å². The van der Waals surface area contributed by atoms with Gasteiger partial charge < -0.3 is 4.90 Å². The molecule has 2 rings (SSSR count). The highest BCUT2D eigenvalue weighted by Crippen LogP contribution is 2.37. The zero-order chi connectivity index (χ0) is 13.7. The topological polar surface area (TPSA) is 20.3 Å². The van der Waals surface area contributed by atoms with Crippen LogP contribution >= 0.6 is 11.6 Å². The fourth-order valence-electron chi connectivity index (χ4n) is 3.16. The van der Waals surface area contributed by atoms with Crippen LogP contribution in [0.1, 0.15) is 43.7 Å². The van der Waals surface area contributed by atoms with E-state index in [1.807, 2.05) is 30.1 Å². The van der Waals surface area contributed by atoms with Crippen LogP contribution in [-0.4, -0.2) is 23.7 Å². The Morgan fingerprint density at radius 1 is 1.26 bits per heavy atom. The lowest BCUT2D eigenvalue weighted by Gasteiger charge is -2.37. The maximum atomic E-state index is 12.0. The zero-order valence-electron chi connectivity index (χ0n) is 11.5. The highest BCUT2D eigenvalue weighted by atomic mass is 35.5. The second-order valence-electron chi connectivity index (χ2n) is 5.39. The van der Waals surface area contributed by atoms with Gasteiger partial charge >= 0.3 is 0 Å². The molecule has 0 bridgehead atoms. The van der Waals surface area contributed by atoms with E-state index in [9.17, 15) is 4.79 Å². The van der Waals surface area contributed by atoms with Gasteiger partial charge in [0.05, 0.1) is 6.04 Å². The standard InChI is InChI=1S/C16H22ClNO/c1-18(15(19)12-17)16(13-8-4-2-5-9-13)14-10-6-3-7-11-14/h2,4-5,8-9,14,16H,3,6-7,10-12H2,1H3. The molecule has 1 aromatic rings. The summed E-state index contributed by atoms with van der Waals surface area (Å²) in [5, 5.41) is 0. The Hall–Kier alpha value is -1.02. The molecule has 0 spiro atoms. The average Bonchev–Trinajstić information content (AvgIpc) is 2.49. The van der Waals surface area contributed by atoms with E-state index in [2.05, 4.69) is 12.1 Å². The van der Waals surface area contributed by atoms with Crippen LogP contribution in [0.25, 0.3) is 0 Å². The molecule has 104 valence electrons. The lowest BCUT2D eigenvalue weighted by Crippen LogP contribution is -2.37. The second-order valence-corrected chi connectivity index (χ2v) is 5.66. The molecule has 3 heteroatoms. The Labute approximate surface area is 120 Å². The Bertz CT molecular complexity index is 400. The van der Waals surface area contributed by atoms with Gasteiger partial charge in [-0.15, -0.1) is 11.6 Å². The summed E-state index contributed by atoms with van der Waals surface area (Å²) in [6, 6.07) is 10.5. The predicted molar refractivity (Wildman–Crippen MR) is 79.2 cm³/mol. The van der Waals surface area contributed by atoms with Crippen molar-refractivity contribution in [3.05, 3.63) is 35.9 Å². The molecule has 0 radical (unpaired) electrons. The van der Waals surface area contributed by atoms with Crippen molar-refractivity contribution in [1.82, 2.24) is 4.90 Å². The van der Waals surface area contributed by atoms with Gasteiger partial charge in [0.2, 0.25) is 5.91 Å². The molecule has 1 fully saturated rings. The quantitative estimate of drug-likeness (QED) is 0.763. The van der Waals surface area contributed by atoms with Crippen LogP contribution in [0.5, 0.6) is 0 Å². The van der Waals surface area contributed by atoms with E-state index in [1.54, 1.807) is 0 Å². The fraction of sp³-hybridized carbons (Fsp3) is 0.562. The summed E-state index contributed by atoms with van der Waals surface area (Å²) in [6.07, 6.45) is 6.29. The van der Waals surface area contributed by atoms with E-state index in [0.717, 1.165) is 0 Å². The van der Waals surface area contributed by atoms with Crippen LogP contribution in [0.15, 0.2) is 30.3 Å². The van der Waals surface area contributed by atoms with Crippen LogP contribution < -0.4 is 0 Å². The third-order valence-corrected chi connectivity index (χ3v) is 4.39. The molecule has 1 amide bonds. The number of carbonyl (C=O) groups is 1. The first-order valence-corrected chi connectivity index (χ1v) is 7.64. The van der Waals surface area contributed by atoms with Crippen molar-refractivity contribution in [1.29, 1.82) is 0 Å². The molecule has 0 heterocycles. The monoisotopic (exact) mass is 279 g/mol. The number of nitrogens with zero attached hydrogens (tertiary/aromatic N) is 1. The summed E-state index contributed by atoms with van der Waals surface area (Å²) < 4.78 is 0. The van der Waals surface area contributed by atoms with Gasteiger partial charge in [-0.25, -0.2) is 0 Å². The third-order valence-electron chi connectivity index (χ3n) is 4.16. The summed E-state index contributed by atoms with van der Waals surface area (Å²) >= 11 is 5.73. The third kappa shape index (κ3) is 3.50. The first-order chi connectivity index (χ1) is 9.24. The molecule has 0 aromatic heterocycles. The SMILES string of the molecule is CN(C(=O)CCl)C(c1ccccc1)C1CCCCC1. The molecule has 1 unspecified atom stereocenters. The number of halogens is 1. The number of alkyl halides is 1. The lowest BCUT2D eigenvalue weighted by atomic mass is 9.80. The minimum atomic E-state index is 0.0149. The van der Waals surface area contributed by atoms with Gasteiger partial charge in [-0.2, -0.15) is 0 Å². The summed E-state index contributed by atoms with van der Waals surface area (Å²) in [5.74, 6) is 0.640. The van der Waals surface area contributed by atoms with Gasteiger partial charge in [0.25, 0.3) is 0 Å². The first-order valence-electron chi connectivity index (χ1n) is 7.10. The number of carbonyl (C=O) groups excluding carboxylic acids is 1. The molecule has 0 aliphatic heterocycles. The van der Waals surface area contributed by atoms with Crippen molar-refractivity contribution in [2.24, 2.45) is 5.92 Å². The molecule has 0 N–H and O–H groups in total. The van der Waals surface area contributed by atoms with Gasteiger partial charge in [0, 0.05) is 7.05 Å². The molecular weight excluding hydrogens is 258 g/mol. The molecule has 1 aliphatic rings. The minimum absolute atomic E-state index is 0.0149. The van der Waals surface area contributed by atoms with Crippen molar-refractivity contribution in [3.8, 4) is 0 Å². The van der Waals surface area contributed by atoms with Crippen LogP contribution in [0.2, 0.25) is 0 Å². The molecule has 1 atom stereocenters. The highest BCUT2D eigenvalue weighted by Gasteiger charge is 2.30. The normalized spacial score (nSPS) is 18.0. The first kappa shape index (κ1) is 14.4. The van der Waals surface area contributed by atoms with E-state index >= 15 is 0 Å². The predicted octanol–water partition coefficient (Wildman–Crippen LogP) is 4.01. The van der Waals surface area contributed by atoms with E-state index in [4.69, 9.17) is 11.6 Å². The average molecular weight is 280 g/mol. The van der Waals surface area contributed by atoms with Crippen molar-refractivity contribution in [2.45, 2.75) is 38.1 Å². The summed E-state index contributed by atoms with van der Waals surface area (Å²) in [7, 11) is 1.89. The Kier molecular flexibility index (Phi) is 5.26. The molecule has 0 saturated heterocycles. The second kappa shape index (κ2) is 6.95. The Morgan fingerprint density at radius 3 is 2.47 bits per heavy atom. The van der Waals surface area contributed by atoms with Gasteiger partial charge in [-0.3, -0.25) is 4.79 Å². The van der Waals surface area contributed by atoms with E-state index in [-0.39, 0.29) is 17.8 Å². The maximum Gasteiger partial charge on any atom is 0.237 e. The van der Waals surface area contributed by atoms with Crippen molar-refractivity contribution in [3.63, 3.8) is 0 Å². The highest BCUT2D eigenvalue weighted by molar-refractivity contribution is 6.27. The van der Waals surface area contributed by atoms with Crippen LogP contribution in [0.3, 0.4) is 0 Å². The minimum Gasteiger partial charge on any atom is -0.337 e. The number of rotatable bonds is 4. The van der Waals surface area contributed by atoms with Gasteiger partial charge in [0.1, 0.15) is 5.88 Å². The Morgan fingerprint density at radius 2 is 1.89 bits per heavy atom. The summed E-state index contributed by atoms with van der Waals surface area (Å²) in [4.78, 5) is 13.8. The zero-order valence-corrected chi connectivity index (χ0v) is 12.3. The van der Waals surface area contributed by atoms with Crippen LogP contribution in [0, 0.1) is 5.92 Å². The summed E-state index contributed by atoms with van der Waals surface area (Å²) in [5.41, 5.74) is 1.23. The molecule has 1 saturated carbocycles. The van der Waals surface area contributed by atoms with Gasteiger partial charge in [0.15, 0.2) is 0 Å². The number of hydrogen-bond donors (Lipinski definition) is 0. The van der Waals surface area contributed by atoms with Gasteiger partial charge in [-0.05, 0) is 24.3 Å². The molecule has 19 heavy (non-hydrogen) atoms. The number of amides is 1.